The molecule has 1 aliphatic heterocycles. The van der Waals surface area contributed by atoms with Gasteiger partial charge in [-0.25, -0.2) is 9.59 Å². The fourth-order valence-electron chi connectivity index (χ4n) is 4.88. The van der Waals surface area contributed by atoms with Crippen molar-refractivity contribution in [2.45, 2.75) is 45.8 Å². The molecular weight excluding hydrogens is 376 g/mol. The Bertz CT molecular complexity index is 778. The summed E-state index contributed by atoms with van der Waals surface area (Å²) in [6, 6.07) is 0. The summed E-state index contributed by atoms with van der Waals surface area (Å²) in [4.78, 5) is 36.2. The van der Waals surface area contributed by atoms with Crippen LogP contribution in [0.1, 0.15) is 33.6 Å². The van der Waals surface area contributed by atoms with Crippen molar-refractivity contribution in [1.82, 2.24) is 0 Å². The number of hydrogen-bond donors (Lipinski definition) is 1. The highest BCUT2D eigenvalue weighted by Crippen LogP contribution is 2.51. The van der Waals surface area contributed by atoms with Crippen molar-refractivity contribution in [3.63, 3.8) is 0 Å². The monoisotopic (exact) mass is 404 g/mol. The molecule has 3 rings (SSSR count). The molecule has 7 heteroatoms. The molecule has 0 spiro atoms. The largest absolute Gasteiger partial charge is 0.466 e. The van der Waals surface area contributed by atoms with E-state index in [9.17, 15) is 14.4 Å². The lowest BCUT2D eigenvalue weighted by Gasteiger charge is -2.30. The molecule has 29 heavy (non-hydrogen) atoms. The number of fused-ring (bicyclic) bond motifs is 3. The number of esters is 3. The minimum Gasteiger partial charge on any atom is -0.466 e. The van der Waals surface area contributed by atoms with Crippen molar-refractivity contribution in [3.05, 3.63) is 35.5 Å². The van der Waals surface area contributed by atoms with Gasteiger partial charge in [0.2, 0.25) is 0 Å². The number of rotatable bonds is 5. The Morgan fingerprint density at radius 3 is 2.72 bits per heavy atom. The van der Waals surface area contributed by atoms with Crippen LogP contribution >= 0.6 is 0 Å². The average molecular weight is 404 g/mol. The van der Waals surface area contributed by atoms with Gasteiger partial charge in [-0.05, 0) is 38.7 Å². The van der Waals surface area contributed by atoms with Crippen LogP contribution in [0.5, 0.6) is 0 Å². The number of carbonyl (C=O) groups excluding carboxylic acids is 3. The molecule has 0 aromatic heterocycles. The molecule has 2 fully saturated rings. The second kappa shape index (κ2) is 8.53. The van der Waals surface area contributed by atoms with Crippen molar-refractivity contribution in [3.8, 4) is 0 Å². The molecule has 0 aromatic carbocycles. The first-order valence-electron chi connectivity index (χ1n) is 9.93. The van der Waals surface area contributed by atoms with E-state index < -0.39 is 30.1 Å². The van der Waals surface area contributed by atoms with E-state index in [4.69, 9.17) is 19.3 Å². The van der Waals surface area contributed by atoms with Gasteiger partial charge in [0.05, 0.1) is 19.1 Å². The van der Waals surface area contributed by atoms with E-state index in [2.05, 4.69) is 12.7 Å². The third-order valence-corrected chi connectivity index (χ3v) is 6.33. The SMILES string of the molecule is C=C1C(=O)OC2C1C(OC(=O)C(C)=CCO)CC(COC(C)=O)C1CC=C(C)C12. The lowest BCUT2D eigenvalue weighted by molar-refractivity contribution is -0.150. The molecule has 6 atom stereocenters. The number of allylic oxidation sites excluding steroid dienone is 1. The van der Waals surface area contributed by atoms with Crippen molar-refractivity contribution in [2.75, 3.05) is 13.2 Å². The molecule has 0 bridgehead atoms. The number of aliphatic hydroxyl groups excluding tert-OH is 1. The van der Waals surface area contributed by atoms with Gasteiger partial charge in [0.1, 0.15) is 12.2 Å². The smallest absolute Gasteiger partial charge is 0.334 e. The van der Waals surface area contributed by atoms with Crippen LogP contribution in [0.15, 0.2) is 35.5 Å². The van der Waals surface area contributed by atoms with E-state index in [-0.39, 0.29) is 42.5 Å². The average Bonchev–Trinajstić information content (AvgIpc) is 3.13. The van der Waals surface area contributed by atoms with Crippen LogP contribution in [-0.4, -0.2) is 48.4 Å². The Morgan fingerprint density at radius 1 is 1.34 bits per heavy atom. The number of hydrogen-bond acceptors (Lipinski definition) is 7. The highest BCUT2D eigenvalue weighted by molar-refractivity contribution is 5.91. The first-order valence-corrected chi connectivity index (χ1v) is 9.93. The molecule has 7 nitrogen and oxygen atoms in total. The van der Waals surface area contributed by atoms with E-state index in [1.54, 1.807) is 6.92 Å². The van der Waals surface area contributed by atoms with Gasteiger partial charge in [0.15, 0.2) is 0 Å². The zero-order valence-corrected chi connectivity index (χ0v) is 17.1. The molecule has 1 saturated heterocycles. The number of ether oxygens (including phenoxy) is 3. The summed E-state index contributed by atoms with van der Waals surface area (Å²) < 4.78 is 16.8. The Morgan fingerprint density at radius 2 is 2.07 bits per heavy atom. The van der Waals surface area contributed by atoms with Crippen LogP contribution in [0, 0.1) is 23.7 Å². The molecule has 2 aliphatic carbocycles. The molecule has 6 unspecified atom stereocenters. The Labute approximate surface area is 170 Å². The zero-order chi connectivity index (χ0) is 21.3. The summed E-state index contributed by atoms with van der Waals surface area (Å²) in [5.41, 5.74) is 1.73. The van der Waals surface area contributed by atoms with Gasteiger partial charge in [-0.2, -0.15) is 0 Å². The maximum atomic E-state index is 12.5. The molecule has 0 aromatic rings. The quantitative estimate of drug-likeness (QED) is 0.324. The second-order valence-electron chi connectivity index (χ2n) is 8.11. The van der Waals surface area contributed by atoms with Gasteiger partial charge in [0.25, 0.3) is 0 Å². The van der Waals surface area contributed by atoms with Gasteiger partial charge in [-0.3, -0.25) is 4.79 Å². The van der Waals surface area contributed by atoms with Crippen LogP contribution in [-0.2, 0) is 28.6 Å². The molecule has 3 aliphatic rings. The third kappa shape index (κ3) is 4.15. The summed E-state index contributed by atoms with van der Waals surface area (Å²) in [5.74, 6) is -1.78. The molecule has 1 heterocycles. The Hall–Kier alpha value is -2.41. The first-order chi connectivity index (χ1) is 13.7. The maximum absolute atomic E-state index is 12.5. The van der Waals surface area contributed by atoms with Crippen LogP contribution in [0.4, 0.5) is 0 Å². The van der Waals surface area contributed by atoms with Crippen LogP contribution in [0.3, 0.4) is 0 Å². The van der Waals surface area contributed by atoms with Gasteiger partial charge >= 0.3 is 17.9 Å². The summed E-state index contributed by atoms with van der Waals surface area (Å²) in [6.45, 7) is 8.81. The van der Waals surface area contributed by atoms with Crippen molar-refractivity contribution in [1.29, 1.82) is 0 Å². The first kappa shape index (κ1) is 21.3. The molecule has 0 amide bonds. The summed E-state index contributed by atoms with van der Waals surface area (Å²) in [6.07, 6.45) is 3.65. The molecule has 1 saturated carbocycles. The molecule has 0 radical (unpaired) electrons. The van der Waals surface area contributed by atoms with Gasteiger partial charge < -0.3 is 19.3 Å². The number of aliphatic hydroxyl groups is 1. The van der Waals surface area contributed by atoms with Crippen LogP contribution in [0.25, 0.3) is 0 Å². The minimum absolute atomic E-state index is 0.0264. The third-order valence-electron chi connectivity index (χ3n) is 6.33. The highest BCUT2D eigenvalue weighted by Gasteiger charge is 2.56. The standard InChI is InChI=1S/C22H28O7/c1-11-5-6-16-15(10-27-14(4)24)9-17(28-21(25)12(2)7-8-23)19-13(3)22(26)29-20(19)18(11)16/h5,7,15-20,23H,3,6,8-10H2,1-2,4H3. The minimum atomic E-state index is -0.632. The van der Waals surface area contributed by atoms with E-state index in [1.807, 2.05) is 6.92 Å². The molecular formula is C22H28O7. The summed E-state index contributed by atoms with van der Waals surface area (Å²) in [7, 11) is 0. The van der Waals surface area contributed by atoms with Crippen molar-refractivity contribution >= 4 is 17.9 Å². The van der Waals surface area contributed by atoms with Crippen LogP contribution < -0.4 is 0 Å². The predicted molar refractivity (Wildman–Crippen MR) is 103 cm³/mol. The second-order valence-corrected chi connectivity index (χ2v) is 8.11. The normalized spacial score (nSPS) is 33.9. The Kier molecular flexibility index (Phi) is 6.27. The fraction of sp³-hybridized carbons (Fsp3) is 0.591. The molecule has 1 N–H and O–H groups in total. The number of carbonyl (C=O) groups is 3. The fourth-order valence-corrected chi connectivity index (χ4v) is 4.88. The van der Waals surface area contributed by atoms with E-state index in [0.717, 1.165) is 12.0 Å². The zero-order valence-electron chi connectivity index (χ0n) is 17.1. The van der Waals surface area contributed by atoms with E-state index >= 15 is 0 Å². The van der Waals surface area contributed by atoms with Crippen LogP contribution in [0.2, 0.25) is 0 Å². The maximum Gasteiger partial charge on any atom is 0.334 e. The van der Waals surface area contributed by atoms with Crippen molar-refractivity contribution in [2.24, 2.45) is 23.7 Å². The lowest BCUT2D eigenvalue weighted by atomic mass is 9.78. The van der Waals surface area contributed by atoms with Gasteiger partial charge in [-0.1, -0.05) is 18.2 Å². The highest BCUT2D eigenvalue weighted by atomic mass is 16.6. The Balaban J connectivity index is 1.94. The van der Waals surface area contributed by atoms with E-state index in [1.165, 1.54) is 13.0 Å². The lowest BCUT2D eigenvalue weighted by Crippen LogP contribution is -2.36. The van der Waals surface area contributed by atoms with E-state index in [0.29, 0.717) is 12.0 Å². The topological polar surface area (TPSA) is 99.1 Å². The molecule has 158 valence electrons. The van der Waals surface area contributed by atoms with Crippen molar-refractivity contribution < 1.29 is 33.7 Å². The summed E-state index contributed by atoms with van der Waals surface area (Å²) >= 11 is 0. The predicted octanol–water partition coefficient (Wildman–Crippen LogP) is 2.10. The van der Waals surface area contributed by atoms with Gasteiger partial charge in [-0.15, -0.1) is 0 Å². The summed E-state index contributed by atoms with van der Waals surface area (Å²) in [5, 5.41) is 9.05. The van der Waals surface area contributed by atoms with Gasteiger partial charge in [0, 0.05) is 29.9 Å².